The number of aryl methyl sites for hydroxylation is 1. The summed E-state index contributed by atoms with van der Waals surface area (Å²) < 4.78 is 0. The molecule has 6 nitrogen and oxygen atoms in total. The molecule has 1 fully saturated rings. The topological polar surface area (TPSA) is 77.9 Å². The van der Waals surface area contributed by atoms with Crippen molar-refractivity contribution in [2.45, 2.75) is 26.3 Å². The summed E-state index contributed by atoms with van der Waals surface area (Å²) in [4.78, 5) is 11.1. The molecule has 2 aromatic rings. The van der Waals surface area contributed by atoms with E-state index in [-0.39, 0.29) is 0 Å². The number of H-pyrrole nitrogens is 1. The second-order valence-electron chi connectivity index (χ2n) is 4.06. The summed E-state index contributed by atoms with van der Waals surface area (Å²) in [6.45, 7) is 5.21. The molecule has 1 saturated heterocycles. The lowest BCUT2D eigenvalue weighted by molar-refractivity contribution is 0.399. The Balaban J connectivity index is 0.000000514. The number of nitrogens with one attached hydrogen (secondary N) is 1. The molecular weight excluding hydrogens is 218 g/mol. The Morgan fingerprint density at radius 2 is 2.18 bits per heavy atom. The summed E-state index contributed by atoms with van der Waals surface area (Å²) in [5.41, 5.74) is 0.830. The number of aliphatic hydroxyl groups is 1. The number of aliphatic hydroxyl groups excluding tert-OH is 1. The van der Waals surface area contributed by atoms with Gasteiger partial charge in [0.25, 0.3) is 0 Å². The first-order valence-corrected chi connectivity index (χ1v) is 5.65. The number of aromatic amines is 1. The molecule has 0 spiro atoms. The Labute approximate surface area is 99.7 Å². The molecule has 0 saturated carbocycles. The summed E-state index contributed by atoms with van der Waals surface area (Å²) in [7, 11) is 1.00. The molecule has 0 aromatic carbocycles. The van der Waals surface area contributed by atoms with Crippen LogP contribution in [0.5, 0.6) is 0 Å². The van der Waals surface area contributed by atoms with Crippen molar-refractivity contribution in [1.29, 1.82) is 0 Å². The number of hydrogen-bond donors (Lipinski definition) is 2. The van der Waals surface area contributed by atoms with Crippen molar-refractivity contribution >= 4 is 16.9 Å². The van der Waals surface area contributed by atoms with Gasteiger partial charge < -0.3 is 10.0 Å². The molecule has 1 aliphatic rings. The Bertz CT molecular complexity index is 510. The maximum atomic E-state index is 7.00. The molecule has 0 radical (unpaired) electrons. The molecule has 2 aromatic heterocycles. The van der Waals surface area contributed by atoms with Crippen molar-refractivity contribution in [3.63, 3.8) is 0 Å². The van der Waals surface area contributed by atoms with Crippen LogP contribution in [0.4, 0.5) is 5.82 Å². The van der Waals surface area contributed by atoms with E-state index in [4.69, 9.17) is 5.11 Å². The number of nitrogens with zero attached hydrogens (tertiary/aromatic N) is 4. The molecule has 2 N–H and O–H groups in total. The lowest BCUT2D eigenvalue weighted by Crippen LogP contribution is -2.46. The minimum Gasteiger partial charge on any atom is -0.400 e. The third-order valence-corrected chi connectivity index (χ3v) is 2.99. The lowest BCUT2D eigenvalue weighted by atomic mass is 10.1. The second kappa shape index (κ2) is 4.67. The van der Waals surface area contributed by atoms with Crippen LogP contribution in [0.3, 0.4) is 0 Å². The first-order chi connectivity index (χ1) is 8.25. The maximum absolute atomic E-state index is 7.00. The molecule has 0 amide bonds. The van der Waals surface area contributed by atoms with Crippen molar-refractivity contribution in [2.24, 2.45) is 0 Å². The van der Waals surface area contributed by atoms with E-state index < -0.39 is 0 Å². The van der Waals surface area contributed by atoms with Gasteiger partial charge in [0.1, 0.15) is 11.6 Å². The van der Waals surface area contributed by atoms with Crippen LogP contribution in [0.2, 0.25) is 0 Å². The number of hydrogen-bond acceptors (Lipinski definition) is 5. The lowest BCUT2D eigenvalue weighted by Gasteiger charge is -2.39. The fraction of sp³-hybridized carbons (Fsp3) is 0.545. The molecular formula is C11H17N5O. The molecule has 17 heavy (non-hydrogen) atoms. The molecule has 92 valence electrons. The van der Waals surface area contributed by atoms with Gasteiger partial charge >= 0.3 is 0 Å². The van der Waals surface area contributed by atoms with Crippen molar-refractivity contribution in [3.8, 4) is 0 Å². The van der Waals surface area contributed by atoms with E-state index >= 15 is 0 Å². The normalized spacial score (nSPS) is 18.6. The highest BCUT2D eigenvalue weighted by Crippen LogP contribution is 2.29. The van der Waals surface area contributed by atoms with E-state index in [1.807, 2.05) is 6.92 Å². The third-order valence-electron chi connectivity index (χ3n) is 2.99. The Hall–Kier alpha value is -1.69. The average molecular weight is 235 g/mol. The van der Waals surface area contributed by atoms with Crippen molar-refractivity contribution in [2.75, 3.05) is 18.6 Å². The highest BCUT2D eigenvalue weighted by Gasteiger charge is 2.27. The third kappa shape index (κ3) is 1.95. The molecule has 0 aliphatic carbocycles. The van der Waals surface area contributed by atoms with Gasteiger partial charge in [-0.3, -0.25) is 5.10 Å². The summed E-state index contributed by atoms with van der Waals surface area (Å²) in [6.07, 6.45) is 3.04. The van der Waals surface area contributed by atoms with Gasteiger partial charge in [-0.2, -0.15) is 5.10 Å². The van der Waals surface area contributed by atoms with E-state index in [1.165, 1.54) is 6.42 Å². The highest BCUT2D eigenvalue weighted by atomic mass is 16.2. The minimum absolute atomic E-state index is 0.581. The number of anilines is 1. The van der Waals surface area contributed by atoms with E-state index in [0.29, 0.717) is 6.04 Å². The number of rotatable bonds is 1. The molecule has 0 bridgehead atoms. The van der Waals surface area contributed by atoms with E-state index in [2.05, 4.69) is 32.0 Å². The van der Waals surface area contributed by atoms with Gasteiger partial charge in [-0.1, -0.05) is 0 Å². The average Bonchev–Trinajstić information content (AvgIpc) is 2.77. The van der Waals surface area contributed by atoms with Crippen LogP contribution in [0, 0.1) is 6.92 Å². The largest absolute Gasteiger partial charge is 0.400 e. The highest BCUT2D eigenvalue weighted by molar-refractivity contribution is 5.86. The molecule has 1 unspecified atom stereocenters. The molecule has 1 aliphatic heterocycles. The zero-order chi connectivity index (χ0) is 12.4. The zero-order valence-corrected chi connectivity index (χ0v) is 10.3. The summed E-state index contributed by atoms with van der Waals surface area (Å²) in [5, 5.41) is 14.9. The Kier molecular flexibility index (Phi) is 3.23. The maximum Gasteiger partial charge on any atom is 0.161 e. The number of aromatic nitrogens is 4. The number of fused-ring (bicyclic) bond motifs is 1. The van der Waals surface area contributed by atoms with Crippen LogP contribution in [0.1, 0.15) is 19.2 Å². The first kappa shape index (κ1) is 11.8. The molecule has 1 atom stereocenters. The SMILES string of the molecule is CO.Cc1nc(N2CCC2C)c2cn[nH]c2n1. The van der Waals surface area contributed by atoms with Crippen LogP contribution in [-0.2, 0) is 0 Å². The quantitative estimate of drug-likeness (QED) is 0.766. The standard InChI is InChI=1S/C10H13N5.CH4O/c1-6-3-4-15(6)10-8-5-11-14-9(8)12-7(2)13-10;1-2/h5-6H,3-4H2,1-2H3,(H,11,12,13,14);2H,1H3. The molecule has 3 heterocycles. The van der Waals surface area contributed by atoms with Crippen molar-refractivity contribution in [1.82, 2.24) is 20.2 Å². The van der Waals surface area contributed by atoms with E-state index in [1.54, 1.807) is 6.20 Å². The van der Waals surface area contributed by atoms with Crippen LogP contribution in [-0.4, -0.2) is 45.0 Å². The van der Waals surface area contributed by atoms with Gasteiger partial charge in [0.15, 0.2) is 5.65 Å². The fourth-order valence-electron chi connectivity index (χ4n) is 1.98. The van der Waals surface area contributed by atoms with Crippen LogP contribution in [0.25, 0.3) is 11.0 Å². The summed E-state index contributed by atoms with van der Waals surface area (Å²) in [5.74, 6) is 1.81. The van der Waals surface area contributed by atoms with Gasteiger partial charge in [-0.25, -0.2) is 9.97 Å². The summed E-state index contributed by atoms with van der Waals surface area (Å²) in [6, 6.07) is 0.581. The van der Waals surface area contributed by atoms with Gasteiger partial charge in [-0.05, 0) is 20.3 Å². The predicted octanol–water partition coefficient (Wildman–Crippen LogP) is 0.868. The smallest absolute Gasteiger partial charge is 0.161 e. The molecule has 3 rings (SSSR count). The van der Waals surface area contributed by atoms with Gasteiger partial charge in [0, 0.05) is 19.7 Å². The van der Waals surface area contributed by atoms with Crippen LogP contribution >= 0.6 is 0 Å². The first-order valence-electron chi connectivity index (χ1n) is 5.65. The van der Waals surface area contributed by atoms with Crippen molar-refractivity contribution < 1.29 is 5.11 Å². The van der Waals surface area contributed by atoms with Crippen LogP contribution in [0.15, 0.2) is 6.20 Å². The second-order valence-corrected chi connectivity index (χ2v) is 4.06. The van der Waals surface area contributed by atoms with Crippen LogP contribution < -0.4 is 4.90 Å². The fourth-order valence-corrected chi connectivity index (χ4v) is 1.98. The zero-order valence-electron chi connectivity index (χ0n) is 10.3. The molecule has 6 heteroatoms. The van der Waals surface area contributed by atoms with E-state index in [0.717, 1.165) is 36.3 Å². The predicted molar refractivity (Wildman–Crippen MR) is 66.0 cm³/mol. The Morgan fingerprint density at radius 1 is 1.41 bits per heavy atom. The monoisotopic (exact) mass is 235 g/mol. The van der Waals surface area contributed by atoms with Crippen molar-refractivity contribution in [3.05, 3.63) is 12.0 Å². The van der Waals surface area contributed by atoms with Gasteiger partial charge in [0.2, 0.25) is 0 Å². The summed E-state index contributed by atoms with van der Waals surface area (Å²) >= 11 is 0. The minimum atomic E-state index is 0.581. The van der Waals surface area contributed by atoms with Gasteiger partial charge in [0.05, 0.1) is 11.6 Å². The van der Waals surface area contributed by atoms with E-state index in [9.17, 15) is 0 Å². The van der Waals surface area contributed by atoms with Gasteiger partial charge in [-0.15, -0.1) is 0 Å². The Morgan fingerprint density at radius 3 is 2.76 bits per heavy atom.